The number of aliphatic hydroxyl groups excluding tert-OH is 2. The summed E-state index contributed by atoms with van der Waals surface area (Å²) in [7, 11) is 0. The van der Waals surface area contributed by atoms with Crippen LogP contribution < -0.4 is 10.1 Å². The van der Waals surface area contributed by atoms with Gasteiger partial charge in [-0.25, -0.2) is 4.98 Å². The first-order chi connectivity index (χ1) is 16.0. The number of anilines is 1. The largest absolute Gasteiger partial charge is 0.476 e. The summed E-state index contributed by atoms with van der Waals surface area (Å²) in [6, 6.07) is 19.3. The van der Waals surface area contributed by atoms with E-state index in [2.05, 4.69) is 32.3 Å². The van der Waals surface area contributed by atoms with Gasteiger partial charge in [0.2, 0.25) is 6.10 Å². The van der Waals surface area contributed by atoms with Crippen molar-refractivity contribution in [3.05, 3.63) is 87.4 Å². The van der Waals surface area contributed by atoms with Crippen LogP contribution in [-0.4, -0.2) is 21.1 Å². The summed E-state index contributed by atoms with van der Waals surface area (Å²) in [4.78, 5) is 17.7. The van der Waals surface area contributed by atoms with Crippen LogP contribution >= 0.6 is 27.3 Å². The average molecular weight is 524 g/mol. The maximum absolute atomic E-state index is 13.3. The standard InChI is InChI=1S/C24H18BrN3O4S/c25-18-3-1-2-15(8-18)22(32-19-6-4-14(11-26)5-7-19)23(31)28-24-27-20-9-16(12-29)17(13-30)10-21(20)33-24/h1-10,22,29-30H,12-13H2,(H,27,28,31). The minimum Gasteiger partial charge on any atom is -0.476 e. The lowest BCUT2D eigenvalue weighted by atomic mass is 10.1. The highest BCUT2D eigenvalue weighted by molar-refractivity contribution is 9.10. The first-order valence-electron chi connectivity index (χ1n) is 9.88. The van der Waals surface area contributed by atoms with Crippen LogP contribution in [-0.2, 0) is 18.0 Å². The zero-order valence-electron chi connectivity index (χ0n) is 17.2. The van der Waals surface area contributed by atoms with Gasteiger partial charge in [0.15, 0.2) is 5.13 Å². The molecule has 0 aliphatic carbocycles. The molecule has 0 bridgehead atoms. The van der Waals surface area contributed by atoms with Crippen LogP contribution in [0.4, 0.5) is 5.13 Å². The second-order valence-electron chi connectivity index (χ2n) is 7.10. The molecule has 0 fully saturated rings. The Bertz CT molecular complexity index is 1310. The molecule has 0 aliphatic rings. The van der Waals surface area contributed by atoms with E-state index in [9.17, 15) is 15.0 Å². The Kier molecular flexibility index (Phi) is 7.01. The third kappa shape index (κ3) is 5.21. The lowest BCUT2D eigenvalue weighted by molar-refractivity contribution is -0.123. The molecule has 1 heterocycles. The number of halogens is 1. The number of fused-ring (bicyclic) bond motifs is 1. The summed E-state index contributed by atoms with van der Waals surface area (Å²) in [5.74, 6) is 0.0277. The molecule has 9 heteroatoms. The molecule has 1 atom stereocenters. The van der Waals surface area contributed by atoms with E-state index in [1.807, 2.05) is 12.1 Å². The minimum absolute atomic E-state index is 0.200. The predicted octanol–water partition coefficient (Wildman–Crippen LogP) is 4.67. The number of aliphatic hydroxyl groups is 2. The van der Waals surface area contributed by atoms with Gasteiger partial charge in [0.25, 0.3) is 5.91 Å². The quantitative estimate of drug-likeness (QED) is 0.324. The molecule has 3 aromatic carbocycles. The van der Waals surface area contributed by atoms with E-state index in [4.69, 9.17) is 10.00 Å². The Morgan fingerprint density at radius 1 is 1.12 bits per heavy atom. The van der Waals surface area contributed by atoms with Gasteiger partial charge in [-0.3, -0.25) is 10.1 Å². The Morgan fingerprint density at radius 3 is 2.52 bits per heavy atom. The highest BCUT2D eigenvalue weighted by Gasteiger charge is 2.24. The van der Waals surface area contributed by atoms with Crippen LogP contribution in [0.5, 0.6) is 5.75 Å². The Balaban J connectivity index is 1.63. The van der Waals surface area contributed by atoms with Crippen LogP contribution in [0.3, 0.4) is 0 Å². The molecule has 0 spiro atoms. The highest BCUT2D eigenvalue weighted by Crippen LogP contribution is 2.31. The van der Waals surface area contributed by atoms with E-state index in [1.54, 1.807) is 48.5 Å². The van der Waals surface area contributed by atoms with Crippen LogP contribution in [0.2, 0.25) is 0 Å². The van der Waals surface area contributed by atoms with E-state index >= 15 is 0 Å². The van der Waals surface area contributed by atoms with Gasteiger partial charge in [-0.1, -0.05) is 39.4 Å². The monoisotopic (exact) mass is 523 g/mol. The van der Waals surface area contributed by atoms with Gasteiger partial charge in [0.1, 0.15) is 5.75 Å². The number of aromatic nitrogens is 1. The number of ether oxygens (including phenoxy) is 1. The van der Waals surface area contributed by atoms with Gasteiger partial charge >= 0.3 is 0 Å². The van der Waals surface area contributed by atoms with Crippen molar-refractivity contribution < 1.29 is 19.7 Å². The van der Waals surface area contributed by atoms with Crippen molar-refractivity contribution >= 4 is 48.5 Å². The number of carbonyl (C=O) groups excluding carboxylic acids is 1. The molecule has 0 saturated carbocycles. The number of hydrogen-bond acceptors (Lipinski definition) is 7. The maximum atomic E-state index is 13.3. The van der Waals surface area contributed by atoms with E-state index in [-0.39, 0.29) is 13.2 Å². The number of benzene rings is 3. The minimum atomic E-state index is -0.969. The van der Waals surface area contributed by atoms with Crippen LogP contribution in [0.1, 0.15) is 28.4 Å². The molecule has 0 saturated heterocycles. The number of hydrogen-bond donors (Lipinski definition) is 3. The number of nitrogens with one attached hydrogen (secondary N) is 1. The molecular formula is C24H18BrN3O4S. The Labute approximate surface area is 202 Å². The SMILES string of the molecule is N#Cc1ccc(OC(C(=O)Nc2nc3cc(CO)c(CO)cc3s2)c2cccc(Br)c2)cc1. The van der Waals surface area contributed by atoms with Crippen molar-refractivity contribution in [2.45, 2.75) is 19.3 Å². The van der Waals surface area contributed by atoms with Crippen molar-refractivity contribution in [3.63, 3.8) is 0 Å². The normalized spacial score (nSPS) is 11.7. The molecule has 1 unspecified atom stereocenters. The Morgan fingerprint density at radius 2 is 1.85 bits per heavy atom. The van der Waals surface area contributed by atoms with Crippen LogP contribution in [0.15, 0.2) is 65.1 Å². The molecule has 0 radical (unpaired) electrons. The third-order valence-corrected chi connectivity index (χ3v) is 6.33. The fourth-order valence-electron chi connectivity index (χ4n) is 3.26. The van der Waals surface area contributed by atoms with Crippen molar-refractivity contribution in [2.75, 3.05) is 5.32 Å². The number of carbonyl (C=O) groups is 1. The predicted molar refractivity (Wildman–Crippen MR) is 129 cm³/mol. The van der Waals surface area contributed by atoms with Gasteiger partial charge < -0.3 is 14.9 Å². The Hall–Kier alpha value is -3.29. The average Bonchev–Trinajstić information content (AvgIpc) is 3.22. The summed E-state index contributed by atoms with van der Waals surface area (Å²) in [5, 5.41) is 31.2. The van der Waals surface area contributed by atoms with Crippen molar-refractivity contribution in [3.8, 4) is 11.8 Å². The summed E-state index contributed by atoms with van der Waals surface area (Å²) in [6.07, 6.45) is -0.969. The smallest absolute Gasteiger partial charge is 0.271 e. The fourth-order valence-corrected chi connectivity index (χ4v) is 4.60. The van der Waals surface area contributed by atoms with Gasteiger partial charge in [0.05, 0.1) is 35.1 Å². The number of amides is 1. The van der Waals surface area contributed by atoms with Gasteiger partial charge in [0, 0.05) is 10.0 Å². The summed E-state index contributed by atoms with van der Waals surface area (Å²) in [6.45, 7) is -0.413. The molecule has 4 rings (SSSR count). The van der Waals surface area contributed by atoms with Gasteiger partial charge in [-0.15, -0.1) is 0 Å². The van der Waals surface area contributed by atoms with E-state index in [1.165, 1.54) is 11.3 Å². The lowest BCUT2D eigenvalue weighted by Crippen LogP contribution is -2.25. The molecule has 33 heavy (non-hydrogen) atoms. The molecule has 166 valence electrons. The first kappa shape index (κ1) is 22.9. The first-order valence-corrected chi connectivity index (χ1v) is 11.5. The topological polar surface area (TPSA) is 115 Å². The molecule has 7 nitrogen and oxygen atoms in total. The lowest BCUT2D eigenvalue weighted by Gasteiger charge is -2.19. The summed E-state index contributed by atoms with van der Waals surface area (Å²) < 4.78 is 7.58. The molecule has 3 N–H and O–H groups in total. The van der Waals surface area contributed by atoms with E-state index in [0.717, 1.165) is 9.17 Å². The maximum Gasteiger partial charge on any atom is 0.271 e. The summed E-state index contributed by atoms with van der Waals surface area (Å²) >= 11 is 4.69. The van der Waals surface area contributed by atoms with Crippen molar-refractivity contribution in [1.29, 1.82) is 5.26 Å². The summed E-state index contributed by atoms with van der Waals surface area (Å²) in [5.41, 5.74) is 2.94. The van der Waals surface area contributed by atoms with E-state index < -0.39 is 12.0 Å². The highest BCUT2D eigenvalue weighted by atomic mass is 79.9. The second-order valence-corrected chi connectivity index (χ2v) is 9.05. The van der Waals surface area contributed by atoms with E-state index in [0.29, 0.717) is 38.7 Å². The molecule has 4 aromatic rings. The number of rotatable bonds is 7. The number of nitriles is 1. The van der Waals surface area contributed by atoms with Crippen LogP contribution in [0.25, 0.3) is 10.2 Å². The van der Waals surface area contributed by atoms with Crippen LogP contribution in [0, 0.1) is 11.3 Å². The van der Waals surface area contributed by atoms with Crippen molar-refractivity contribution in [2.24, 2.45) is 0 Å². The fraction of sp³-hybridized carbons (Fsp3) is 0.125. The molecule has 1 amide bonds. The third-order valence-electron chi connectivity index (χ3n) is 4.91. The zero-order chi connectivity index (χ0) is 23.4. The molecular weight excluding hydrogens is 506 g/mol. The molecule has 0 aliphatic heterocycles. The number of thiazole rings is 1. The zero-order valence-corrected chi connectivity index (χ0v) is 19.6. The number of nitrogens with zero attached hydrogens (tertiary/aromatic N) is 2. The van der Waals surface area contributed by atoms with Crippen molar-refractivity contribution in [1.82, 2.24) is 4.98 Å². The van der Waals surface area contributed by atoms with Gasteiger partial charge in [-0.2, -0.15) is 5.26 Å². The second kappa shape index (κ2) is 10.1. The van der Waals surface area contributed by atoms with Gasteiger partial charge in [-0.05, 0) is 59.7 Å². The molecule has 1 aromatic heterocycles.